The second-order valence-corrected chi connectivity index (χ2v) is 4.01. The van der Waals surface area contributed by atoms with E-state index in [1.54, 1.807) is 4.90 Å². The molecule has 13 heavy (non-hydrogen) atoms. The molecule has 2 amide bonds. The first-order chi connectivity index (χ1) is 5.93. The Kier molecular flexibility index (Phi) is 2.59. The molecule has 0 aliphatic carbocycles. The second-order valence-electron chi connectivity index (χ2n) is 4.01. The molecule has 0 spiro atoms. The van der Waals surface area contributed by atoms with E-state index in [9.17, 15) is 9.59 Å². The molecule has 0 atom stereocenters. The number of nitrogens with one attached hydrogen (secondary N) is 1. The van der Waals surface area contributed by atoms with Gasteiger partial charge in [-0.05, 0) is 13.8 Å². The van der Waals surface area contributed by atoms with Gasteiger partial charge < -0.3 is 10.2 Å². The molecule has 4 heteroatoms. The predicted octanol–water partition coefficient (Wildman–Crippen LogP) is 0.133. The average molecular weight is 184 g/mol. The van der Waals surface area contributed by atoms with E-state index in [2.05, 4.69) is 5.32 Å². The van der Waals surface area contributed by atoms with Crippen molar-refractivity contribution >= 4 is 11.8 Å². The summed E-state index contributed by atoms with van der Waals surface area (Å²) in [6.45, 7) is 6.53. The van der Waals surface area contributed by atoms with Crippen LogP contribution in [0.25, 0.3) is 0 Å². The van der Waals surface area contributed by atoms with Gasteiger partial charge in [-0.25, -0.2) is 0 Å². The Morgan fingerprint density at radius 2 is 2.15 bits per heavy atom. The monoisotopic (exact) mass is 184 g/mol. The molecule has 4 nitrogen and oxygen atoms in total. The summed E-state index contributed by atoms with van der Waals surface area (Å²) in [6, 6.07) is 0. The molecule has 1 aliphatic rings. The minimum atomic E-state index is -0.355. The topological polar surface area (TPSA) is 49.4 Å². The van der Waals surface area contributed by atoms with Crippen molar-refractivity contribution in [2.75, 3.05) is 13.1 Å². The van der Waals surface area contributed by atoms with Crippen LogP contribution in [0.15, 0.2) is 0 Å². The summed E-state index contributed by atoms with van der Waals surface area (Å²) in [7, 11) is 0. The smallest absolute Gasteiger partial charge is 0.222 e. The van der Waals surface area contributed by atoms with Crippen LogP contribution in [0.1, 0.15) is 27.2 Å². The van der Waals surface area contributed by atoms with Gasteiger partial charge in [-0.3, -0.25) is 9.59 Å². The van der Waals surface area contributed by atoms with Gasteiger partial charge in [0.2, 0.25) is 11.8 Å². The molecule has 0 aromatic carbocycles. The van der Waals surface area contributed by atoms with E-state index < -0.39 is 0 Å². The van der Waals surface area contributed by atoms with Crippen LogP contribution >= 0.6 is 0 Å². The molecule has 0 bridgehead atoms. The molecule has 1 aliphatic heterocycles. The highest BCUT2D eigenvalue weighted by Gasteiger charge is 2.33. The fourth-order valence-electron chi connectivity index (χ4n) is 1.74. The van der Waals surface area contributed by atoms with Gasteiger partial charge in [-0.15, -0.1) is 0 Å². The lowest BCUT2D eigenvalue weighted by Crippen LogP contribution is -2.47. The lowest BCUT2D eigenvalue weighted by atomic mass is 9.98. The van der Waals surface area contributed by atoms with Crippen molar-refractivity contribution in [3.05, 3.63) is 0 Å². The summed E-state index contributed by atoms with van der Waals surface area (Å²) in [5.74, 6) is 0.0512. The van der Waals surface area contributed by atoms with E-state index in [0.717, 1.165) is 0 Å². The molecule has 0 radical (unpaired) electrons. The van der Waals surface area contributed by atoms with E-state index in [1.165, 1.54) is 6.92 Å². The summed E-state index contributed by atoms with van der Waals surface area (Å²) >= 11 is 0. The van der Waals surface area contributed by atoms with Crippen molar-refractivity contribution < 1.29 is 9.59 Å². The molecule has 74 valence electrons. The molecule has 0 aromatic heterocycles. The Morgan fingerprint density at radius 1 is 1.54 bits per heavy atom. The first-order valence-corrected chi connectivity index (χ1v) is 4.48. The van der Waals surface area contributed by atoms with Gasteiger partial charge in [0, 0.05) is 32.0 Å². The zero-order valence-corrected chi connectivity index (χ0v) is 8.39. The SMILES string of the molecule is CC(=O)N1CCNC(=O)CC1(C)C. The third-order valence-electron chi connectivity index (χ3n) is 2.36. The highest BCUT2D eigenvalue weighted by atomic mass is 16.2. The molecule has 0 aromatic rings. The van der Waals surface area contributed by atoms with Crippen LogP contribution in [0.4, 0.5) is 0 Å². The van der Waals surface area contributed by atoms with Crippen molar-refractivity contribution in [2.45, 2.75) is 32.7 Å². The number of hydrogen-bond donors (Lipinski definition) is 1. The van der Waals surface area contributed by atoms with Gasteiger partial charge in [0.25, 0.3) is 0 Å². The molecule has 1 rings (SSSR count). The molecule has 0 saturated carbocycles. The van der Waals surface area contributed by atoms with Crippen LogP contribution in [0.3, 0.4) is 0 Å². The quantitative estimate of drug-likeness (QED) is 0.582. The highest BCUT2D eigenvalue weighted by Crippen LogP contribution is 2.20. The predicted molar refractivity (Wildman–Crippen MR) is 49.1 cm³/mol. The molecule has 1 fully saturated rings. The van der Waals surface area contributed by atoms with E-state index in [1.807, 2.05) is 13.8 Å². The Hall–Kier alpha value is -1.06. The molecule has 1 saturated heterocycles. The number of carbonyl (C=O) groups excluding carboxylic acids is 2. The first kappa shape index (κ1) is 10.0. The second kappa shape index (κ2) is 3.36. The van der Waals surface area contributed by atoms with Crippen molar-refractivity contribution in [3.8, 4) is 0 Å². The normalized spacial score (nSPS) is 22.1. The van der Waals surface area contributed by atoms with Gasteiger partial charge in [0.05, 0.1) is 0 Å². The van der Waals surface area contributed by atoms with Crippen LogP contribution in [-0.2, 0) is 9.59 Å². The van der Waals surface area contributed by atoms with Crippen molar-refractivity contribution in [2.24, 2.45) is 0 Å². The van der Waals surface area contributed by atoms with E-state index in [-0.39, 0.29) is 17.4 Å². The summed E-state index contributed by atoms with van der Waals surface area (Å²) < 4.78 is 0. The minimum absolute atomic E-state index is 0.0220. The number of carbonyl (C=O) groups is 2. The third kappa shape index (κ3) is 2.20. The van der Waals surface area contributed by atoms with E-state index >= 15 is 0 Å². The van der Waals surface area contributed by atoms with Gasteiger partial charge in [-0.2, -0.15) is 0 Å². The van der Waals surface area contributed by atoms with Crippen molar-refractivity contribution in [3.63, 3.8) is 0 Å². The summed E-state index contributed by atoms with van der Waals surface area (Å²) in [6.07, 6.45) is 0.382. The first-order valence-electron chi connectivity index (χ1n) is 4.48. The minimum Gasteiger partial charge on any atom is -0.354 e. The number of amides is 2. The third-order valence-corrected chi connectivity index (χ3v) is 2.36. The Bertz CT molecular complexity index is 236. The average Bonchev–Trinajstić information content (AvgIpc) is 2.06. The summed E-state index contributed by atoms with van der Waals surface area (Å²) in [4.78, 5) is 24.2. The highest BCUT2D eigenvalue weighted by molar-refractivity contribution is 5.80. The number of hydrogen-bond acceptors (Lipinski definition) is 2. The van der Waals surface area contributed by atoms with Crippen LogP contribution < -0.4 is 5.32 Å². The zero-order chi connectivity index (χ0) is 10.1. The van der Waals surface area contributed by atoms with Gasteiger partial charge in [0.15, 0.2) is 0 Å². The summed E-state index contributed by atoms with van der Waals surface area (Å²) in [5, 5.41) is 2.75. The molecule has 1 heterocycles. The molecule has 0 unspecified atom stereocenters. The van der Waals surface area contributed by atoms with Crippen molar-refractivity contribution in [1.82, 2.24) is 10.2 Å². The lowest BCUT2D eigenvalue weighted by Gasteiger charge is -2.35. The van der Waals surface area contributed by atoms with E-state index in [0.29, 0.717) is 19.5 Å². The standard InChI is InChI=1S/C9H16N2O2/c1-7(12)11-5-4-10-8(13)6-9(11,2)3/h4-6H2,1-3H3,(H,10,13). The van der Waals surface area contributed by atoms with Crippen LogP contribution in [0.2, 0.25) is 0 Å². The maximum atomic E-state index is 11.3. The maximum absolute atomic E-state index is 11.3. The van der Waals surface area contributed by atoms with Crippen molar-refractivity contribution in [1.29, 1.82) is 0 Å². The van der Waals surface area contributed by atoms with Crippen LogP contribution in [-0.4, -0.2) is 35.3 Å². The summed E-state index contributed by atoms with van der Waals surface area (Å²) in [5.41, 5.74) is -0.355. The Balaban J connectivity index is 2.83. The maximum Gasteiger partial charge on any atom is 0.222 e. The Labute approximate surface area is 78.3 Å². The van der Waals surface area contributed by atoms with Gasteiger partial charge >= 0.3 is 0 Å². The van der Waals surface area contributed by atoms with Gasteiger partial charge in [-0.1, -0.05) is 0 Å². The largest absolute Gasteiger partial charge is 0.354 e. The van der Waals surface area contributed by atoms with Gasteiger partial charge in [0.1, 0.15) is 0 Å². The van der Waals surface area contributed by atoms with Crippen LogP contribution in [0.5, 0.6) is 0 Å². The van der Waals surface area contributed by atoms with E-state index in [4.69, 9.17) is 0 Å². The molecule has 1 N–H and O–H groups in total. The number of nitrogens with zero attached hydrogens (tertiary/aromatic N) is 1. The lowest BCUT2D eigenvalue weighted by molar-refractivity contribution is -0.134. The Morgan fingerprint density at radius 3 is 2.69 bits per heavy atom. The zero-order valence-electron chi connectivity index (χ0n) is 8.39. The fraction of sp³-hybridized carbons (Fsp3) is 0.778. The number of rotatable bonds is 0. The van der Waals surface area contributed by atoms with Crippen LogP contribution in [0, 0.1) is 0 Å². The molecular formula is C9H16N2O2. The fourth-order valence-corrected chi connectivity index (χ4v) is 1.74. The molecular weight excluding hydrogens is 168 g/mol.